The molecule has 1 saturated heterocycles. The predicted molar refractivity (Wildman–Crippen MR) is 120 cm³/mol. The first kappa shape index (κ1) is 27.3. The Labute approximate surface area is 183 Å². The molecule has 1 unspecified atom stereocenters. The van der Waals surface area contributed by atoms with Crippen LogP contribution in [0.4, 0.5) is 0 Å². The molecule has 0 aliphatic carbocycles. The monoisotopic (exact) mass is 430 g/mol. The van der Waals surface area contributed by atoms with Gasteiger partial charge in [-0.2, -0.15) is 0 Å². The summed E-state index contributed by atoms with van der Waals surface area (Å²) in [5.74, 6) is -0.195. The van der Waals surface area contributed by atoms with Crippen LogP contribution in [-0.4, -0.2) is 109 Å². The Bertz CT molecular complexity index is 491. The van der Waals surface area contributed by atoms with E-state index in [9.17, 15) is 9.90 Å². The SMILES string of the molecule is CC(C)(C)OC(=O)CN1CCN(CCCCN)CCN(CC(O)OC(C)(C)C)CC1. The average Bonchev–Trinajstić information content (AvgIpc) is 2.64. The first-order chi connectivity index (χ1) is 13.9. The average molecular weight is 431 g/mol. The van der Waals surface area contributed by atoms with Crippen LogP contribution in [0.3, 0.4) is 0 Å². The van der Waals surface area contributed by atoms with Crippen molar-refractivity contribution in [2.24, 2.45) is 5.73 Å². The van der Waals surface area contributed by atoms with Gasteiger partial charge in [0.05, 0.1) is 12.1 Å². The van der Waals surface area contributed by atoms with E-state index in [1.54, 1.807) is 0 Å². The third-order valence-electron chi connectivity index (χ3n) is 4.80. The number of carbonyl (C=O) groups excluding carboxylic acids is 1. The molecule has 0 bridgehead atoms. The number of nitrogens with two attached hydrogens (primary N) is 1. The fraction of sp³-hybridized carbons (Fsp3) is 0.955. The van der Waals surface area contributed by atoms with Gasteiger partial charge in [-0.3, -0.25) is 14.6 Å². The van der Waals surface area contributed by atoms with Crippen molar-refractivity contribution in [3.63, 3.8) is 0 Å². The van der Waals surface area contributed by atoms with E-state index in [0.29, 0.717) is 13.1 Å². The molecule has 178 valence electrons. The van der Waals surface area contributed by atoms with Gasteiger partial charge in [-0.25, -0.2) is 0 Å². The number of aliphatic hydroxyl groups is 1. The molecule has 1 rings (SSSR count). The van der Waals surface area contributed by atoms with Gasteiger partial charge in [0.15, 0.2) is 6.29 Å². The standard InChI is InChI=1S/C22H46N4O4/c1-21(2,3)29-19(27)17-25-13-11-24(10-8-7-9-23)12-14-26(16-15-25)18-20(28)30-22(4,5)6/h19,27H,7-18,23H2,1-6H3. The molecule has 0 aromatic rings. The number of carbonyl (C=O) groups is 1. The van der Waals surface area contributed by atoms with Crippen LogP contribution < -0.4 is 5.73 Å². The quantitative estimate of drug-likeness (QED) is 0.319. The summed E-state index contributed by atoms with van der Waals surface area (Å²) in [5, 5.41) is 10.4. The Kier molecular flexibility index (Phi) is 11.8. The van der Waals surface area contributed by atoms with Gasteiger partial charge in [-0.15, -0.1) is 0 Å². The van der Waals surface area contributed by atoms with Crippen molar-refractivity contribution in [1.29, 1.82) is 0 Å². The van der Waals surface area contributed by atoms with E-state index >= 15 is 0 Å². The molecule has 1 aliphatic rings. The summed E-state index contributed by atoms with van der Waals surface area (Å²) in [6.45, 7) is 18.9. The van der Waals surface area contributed by atoms with Crippen molar-refractivity contribution in [2.75, 3.05) is 65.4 Å². The van der Waals surface area contributed by atoms with Crippen LogP contribution in [0.2, 0.25) is 0 Å². The van der Waals surface area contributed by atoms with E-state index in [2.05, 4.69) is 14.7 Å². The Morgan fingerprint density at radius 2 is 1.43 bits per heavy atom. The maximum Gasteiger partial charge on any atom is 0.320 e. The molecular formula is C22H46N4O4. The summed E-state index contributed by atoms with van der Waals surface area (Å²) >= 11 is 0. The summed E-state index contributed by atoms with van der Waals surface area (Å²) in [5.41, 5.74) is 4.78. The molecular weight excluding hydrogens is 384 g/mol. The van der Waals surface area contributed by atoms with Gasteiger partial charge in [0.2, 0.25) is 0 Å². The smallest absolute Gasteiger partial charge is 0.320 e. The van der Waals surface area contributed by atoms with Crippen LogP contribution in [0, 0.1) is 0 Å². The van der Waals surface area contributed by atoms with Crippen molar-refractivity contribution in [2.45, 2.75) is 71.9 Å². The largest absolute Gasteiger partial charge is 0.459 e. The zero-order chi connectivity index (χ0) is 22.8. The minimum absolute atomic E-state index is 0.195. The van der Waals surface area contributed by atoms with Crippen molar-refractivity contribution < 1.29 is 19.4 Å². The van der Waals surface area contributed by atoms with Crippen LogP contribution in [0.25, 0.3) is 0 Å². The summed E-state index contributed by atoms with van der Waals surface area (Å²) < 4.78 is 11.2. The highest BCUT2D eigenvalue weighted by Gasteiger charge is 2.24. The van der Waals surface area contributed by atoms with Gasteiger partial charge in [0.25, 0.3) is 0 Å². The van der Waals surface area contributed by atoms with Gasteiger partial charge >= 0.3 is 5.97 Å². The van der Waals surface area contributed by atoms with Crippen LogP contribution >= 0.6 is 0 Å². The van der Waals surface area contributed by atoms with E-state index in [0.717, 1.165) is 58.7 Å². The van der Waals surface area contributed by atoms with Gasteiger partial charge < -0.3 is 25.2 Å². The van der Waals surface area contributed by atoms with Crippen molar-refractivity contribution in [1.82, 2.24) is 14.7 Å². The highest BCUT2D eigenvalue weighted by Crippen LogP contribution is 2.12. The number of unbranched alkanes of at least 4 members (excludes halogenated alkanes) is 1. The third kappa shape index (κ3) is 13.5. The number of aliphatic hydroxyl groups excluding tert-OH is 1. The highest BCUT2D eigenvalue weighted by molar-refractivity contribution is 5.72. The third-order valence-corrected chi connectivity index (χ3v) is 4.80. The lowest BCUT2D eigenvalue weighted by Crippen LogP contribution is -2.43. The van der Waals surface area contributed by atoms with Crippen molar-refractivity contribution in [3.05, 3.63) is 0 Å². The van der Waals surface area contributed by atoms with Gasteiger partial charge in [-0.05, 0) is 67.5 Å². The Morgan fingerprint density at radius 1 is 0.900 bits per heavy atom. The molecule has 1 atom stereocenters. The molecule has 0 aromatic carbocycles. The maximum absolute atomic E-state index is 12.4. The molecule has 8 heteroatoms. The second-order valence-corrected chi connectivity index (χ2v) is 10.2. The van der Waals surface area contributed by atoms with Gasteiger partial charge in [0, 0.05) is 45.8 Å². The molecule has 30 heavy (non-hydrogen) atoms. The lowest BCUT2D eigenvalue weighted by atomic mass is 10.2. The summed E-state index contributed by atoms with van der Waals surface area (Å²) in [7, 11) is 0. The minimum Gasteiger partial charge on any atom is -0.459 e. The Hall–Kier alpha value is -0.770. The van der Waals surface area contributed by atoms with Gasteiger partial charge in [-0.1, -0.05) is 0 Å². The molecule has 8 nitrogen and oxygen atoms in total. The van der Waals surface area contributed by atoms with Gasteiger partial charge in [0.1, 0.15) is 5.60 Å². The minimum atomic E-state index is -0.837. The van der Waals surface area contributed by atoms with Crippen molar-refractivity contribution >= 4 is 5.97 Å². The number of β-amino-alcohol motifs (C(OH)–C–C–N with tert-alkyl or cyclic N) is 1. The van der Waals surface area contributed by atoms with E-state index < -0.39 is 17.5 Å². The fourth-order valence-electron chi connectivity index (χ4n) is 3.45. The molecule has 0 amide bonds. The molecule has 1 heterocycles. The highest BCUT2D eigenvalue weighted by atomic mass is 16.6. The molecule has 3 N–H and O–H groups in total. The van der Waals surface area contributed by atoms with E-state index in [4.69, 9.17) is 15.2 Å². The summed E-state index contributed by atoms with van der Waals surface area (Å²) in [6.07, 6.45) is 1.24. The zero-order valence-corrected chi connectivity index (χ0v) is 20.2. The van der Waals surface area contributed by atoms with Crippen LogP contribution in [0.1, 0.15) is 54.4 Å². The fourth-order valence-corrected chi connectivity index (χ4v) is 3.45. The number of ether oxygens (including phenoxy) is 2. The number of esters is 1. The molecule has 0 radical (unpaired) electrons. The van der Waals surface area contributed by atoms with Crippen molar-refractivity contribution in [3.8, 4) is 0 Å². The summed E-state index contributed by atoms with van der Waals surface area (Å²) in [6, 6.07) is 0. The summed E-state index contributed by atoms with van der Waals surface area (Å²) in [4.78, 5) is 19.2. The first-order valence-corrected chi connectivity index (χ1v) is 11.3. The maximum atomic E-state index is 12.4. The molecule has 1 aliphatic heterocycles. The Morgan fingerprint density at radius 3 is 1.93 bits per heavy atom. The zero-order valence-electron chi connectivity index (χ0n) is 20.2. The number of hydrogen-bond acceptors (Lipinski definition) is 8. The predicted octanol–water partition coefficient (Wildman–Crippen LogP) is 1.12. The topological polar surface area (TPSA) is 91.5 Å². The molecule has 1 fully saturated rings. The lowest BCUT2D eigenvalue weighted by Gasteiger charge is -2.30. The van der Waals surface area contributed by atoms with Crippen LogP contribution in [-0.2, 0) is 14.3 Å². The van der Waals surface area contributed by atoms with E-state index in [1.165, 1.54) is 0 Å². The lowest BCUT2D eigenvalue weighted by molar-refractivity contribution is -0.174. The second-order valence-electron chi connectivity index (χ2n) is 10.2. The van der Waals surface area contributed by atoms with Crippen LogP contribution in [0.15, 0.2) is 0 Å². The first-order valence-electron chi connectivity index (χ1n) is 11.3. The Balaban J connectivity index is 2.73. The van der Waals surface area contributed by atoms with Crippen LogP contribution in [0.5, 0.6) is 0 Å². The van der Waals surface area contributed by atoms with E-state index in [-0.39, 0.29) is 12.5 Å². The van der Waals surface area contributed by atoms with E-state index in [1.807, 2.05) is 41.5 Å². The molecule has 0 spiro atoms. The molecule has 0 aromatic heterocycles. The number of hydrogen-bond donors (Lipinski definition) is 2. The number of nitrogens with zero attached hydrogens (tertiary/aromatic N) is 3. The molecule has 0 saturated carbocycles. The second kappa shape index (κ2) is 12.9. The number of rotatable bonds is 9. The normalized spacial score (nSPS) is 19.7.